The number of nitro groups is 1. The van der Waals surface area contributed by atoms with E-state index in [-0.39, 0.29) is 16.8 Å². The van der Waals surface area contributed by atoms with E-state index >= 15 is 0 Å². The molecule has 0 radical (unpaired) electrons. The van der Waals surface area contributed by atoms with Gasteiger partial charge in [0.05, 0.1) is 11.9 Å². The first-order valence-electron chi connectivity index (χ1n) is 7.72. The average Bonchev–Trinajstić information content (AvgIpc) is 3.22. The monoisotopic (exact) mass is 347 g/mol. The molecule has 1 saturated heterocycles. The van der Waals surface area contributed by atoms with Gasteiger partial charge in [-0.15, -0.1) is 0 Å². The van der Waals surface area contributed by atoms with E-state index in [9.17, 15) is 10.1 Å². The molecule has 0 bridgehead atoms. The van der Waals surface area contributed by atoms with Gasteiger partial charge in [-0.05, 0) is 17.8 Å². The molecule has 3 aromatic rings. The van der Waals surface area contributed by atoms with Gasteiger partial charge in [0.25, 0.3) is 4.96 Å². The predicted octanol–water partition coefficient (Wildman–Crippen LogP) is 2.12. The number of hydrogen-bond donors (Lipinski definition) is 1. The van der Waals surface area contributed by atoms with Crippen LogP contribution < -0.4 is 10.2 Å². The molecule has 0 unspecified atom stereocenters. The number of aryl methyl sites for hydroxylation is 1. The number of rotatable bonds is 4. The van der Waals surface area contributed by atoms with Gasteiger partial charge in [-0.1, -0.05) is 11.3 Å². The summed E-state index contributed by atoms with van der Waals surface area (Å²) in [5.41, 5.74) is 1.07. The van der Waals surface area contributed by atoms with Crippen molar-refractivity contribution in [2.45, 2.75) is 18.9 Å². The first kappa shape index (κ1) is 14.9. The van der Waals surface area contributed by atoms with Crippen LogP contribution in [0, 0.1) is 10.1 Å². The van der Waals surface area contributed by atoms with E-state index in [1.807, 2.05) is 19.4 Å². The number of fused-ring (bicyclic) bond motifs is 1. The second-order valence-electron chi connectivity index (χ2n) is 5.90. The molecule has 1 fully saturated rings. The molecule has 24 heavy (non-hydrogen) atoms. The van der Waals surface area contributed by atoms with Gasteiger partial charge in [-0.2, -0.15) is 14.5 Å². The van der Waals surface area contributed by atoms with E-state index in [1.54, 1.807) is 16.3 Å². The number of piperidine rings is 1. The molecule has 0 saturated carbocycles. The fraction of sp³-hybridized carbons (Fsp3) is 0.429. The van der Waals surface area contributed by atoms with Gasteiger partial charge in [0.15, 0.2) is 0 Å². The fourth-order valence-electron chi connectivity index (χ4n) is 3.14. The van der Waals surface area contributed by atoms with Crippen molar-refractivity contribution in [3.63, 3.8) is 0 Å². The zero-order valence-electron chi connectivity index (χ0n) is 13.1. The minimum absolute atomic E-state index is 0.00440. The third kappa shape index (κ3) is 2.58. The number of aromatic nitrogens is 4. The van der Waals surface area contributed by atoms with Crippen LogP contribution >= 0.6 is 11.3 Å². The van der Waals surface area contributed by atoms with E-state index in [1.165, 1.54) is 15.7 Å². The summed E-state index contributed by atoms with van der Waals surface area (Å²) in [4.78, 5) is 18.3. The minimum atomic E-state index is -0.378. The summed E-state index contributed by atoms with van der Waals surface area (Å²) in [6.45, 7) is 1.73. The third-order valence-electron chi connectivity index (χ3n) is 4.23. The molecule has 1 N–H and O–H groups in total. The molecule has 126 valence electrons. The Morgan fingerprint density at radius 1 is 1.50 bits per heavy atom. The molecule has 9 nitrogen and oxygen atoms in total. The summed E-state index contributed by atoms with van der Waals surface area (Å²) in [5, 5.41) is 20.7. The molecule has 0 aliphatic carbocycles. The molecule has 10 heteroatoms. The van der Waals surface area contributed by atoms with Crippen molar-refractivity contribution in [2.75, 3.05) is 23.3 Å². The largest absolute Gasteiger partial charge is 0.372 e. The zero-order valence-corrected chi connectivity index (χ0v) is 13.9. The van der Waals surface area contributed by atoms with Gasteiger partial charge in [0, 0.05) is 37.8 Å². The van der Waals surface area contributed by atoms with Crippen molar-refractivity contribution < 1.29 is 4.92 Å². The second kappa shape index (κ2) is 5.78. The number of hydrogen-bond acceptors (Lipinski definition) is 7. The highest BCUT2D eigenvalue weighted by Crippen LogP contribution is 2.30. The Hall–Kier alpha value is -2.62. The molecule has 0 aromatic carbocycles. The first-order chi connectivity index (χ1) is 11.6. The SMILES string of the molecule is Cn1cc(N2CCC[C@@H](Nc3nc4sccn4c3[N+](=O)[O-])C2)cn1. The van der Waals surface area contributed by atoms with Crippen molar-refractivity contribution in [3.8, 4) is 0 Å². The van der Waals surface area contributed by atoms with Crippen LogP contribution in [-0.2, 0) is 7.05 Å². The number of thiazole rings is 1. The Balaban J connectivity index is 1.55. The summed E-state index contributed by atoms with van der Waals surface area (Å²) in [6, 6.07) is 0.113. The normalized spacial score (nSPS) is 18.2. The van der Waals surface area contributed by atoms with Crippen LogP contribution in [0.5, 0.6) is 0 Å². The maximum absolute atomic E-state index is 11.4. The molecule has 4 rings (SSSR count). The van der Waals surface area contributed by atoms with Crippen LogP contribution in [0.2, 0.25) is 0 Å². The summed E-state index contributed by atoms with van der Waals surface area (Å²) in [6.07, 6.45) is 7.48. The first-order valence-corrected chi connectivity index (χ1v) is 8.60. The number of nitrogens with one attached hydrogen (secondary N) is 1. The quantitative estimate of drug-likeness (QED) is 0.574. The highest BCUT2D eigenvalue weighted by molar-refractivity contribution is 7.15. The summed E-state index contributed by atoms with van der Waals surface area (Å²) >= 11 is 1.39. The standard InChI is InChI=1S/C14H17N7O2S/c1-18-9-11(7-15-18)19-4-2-3-10(8-19)16-12-13(21(22)23)20-5-6-24-14(20)17-12/h5-7,9-10,16H,2-4,8H2,1H3/t10-/m1/s1. The Kier molecular flexibility index (Phi) is 3.60. The van der Waals surface area contributed by atoms with E-state index in [2.05, 4.69) is 20.3 Å². The highest BCUT2D eigenvalue weighted by atomic mass is 32.1. The molecule has 1 atom stereocenters. The molecule has 1 aliphatic rings. The van der Waals surface area contributed by atoms with Gasteiger partial charge in [-0.25, -0.2) is 0 Å². The number of nitrogens with zero attached hydrogens (tertiary/aromatic N) is 6. The fourth-order valence-corrected chi connectivity index (χ4v) is 3.85. The van der Waals surface area contributed by atoms with E-state index < -0.39 is 0 Å². The maximum atomic E-state index is 11.4. The molecule has 1 aliphatic heterocycles. The second-order valence-corrected chi connectivity index (χ2v) is 6.77. The van der Waals surface area contributed by atoms with Gasteiger partial charge in [0.1, 0.15) is 6.20 Å². The molecule has 3 aromatic heterocycles. The van der Waals surface area contributed by atoms with Crippen LogP contribution in [0.4, 0.5) is 17.3 Å². The summed E-state index contributed by atoms with van der Waals surface area (Å²) < 4.78 is 3.30. The van der Waals surface area contributed by atoms with Crippen LogP contribution in [0.3, 0.4) is 0 Å². The van der Waals surface area contributed by atoms with Crippen molar-refractivity contribution in [1.82, 2.24) is 19.2 Å². The minimum Gasteiger partial charge on any atom is -0.367 e. The molecule has 4 heterocycles. The van der Waals surface area contributed by atoms with Gasteiger partial charge < -0.3 is 20.3 Å². The third-order valence-corrected chi connectivity index (χ3v) is 4.99. The van der Waals surface area contributed by atoms with Crippen molar-refractivity contribution in [1.29, 1.82) is 0 Å². The molecular weight excluding hydrogens is 330 g/mol. The molecule has 0 amide bonds. The van der Waals surface area contributed by atoms with Crippen LogP contribution in [0.1, 0.15) is 12.8 Å². The summed E-state index contributed by atoms with van der Waals surface area (Å²) in [7, 11) is 1.89. The van der Waals surface area contributed by atoms with Crippen LogP contribution in [-0.4, -0.2) is 43.2 Å². The number of anilines is 2. The van der Waals surface area contributed by atoms with Gasteiger partial charge in [0.2, 0.25) is 5.82 Å². The Labute approximate surface area is 141 Å². The van der Waals surface area contributed by atoms with Crippen LogP contribution in [0.25, 0.3) is 4.96 Å². The maximum Gasteiger partial charge on any atom is 0.372 e. The molecule has 0 spiro atoms. The summed E-state index contributed by atoms with van der Waals surface area (Å²) in [5.74, 6) is 0.356. The topological polar surface area (TPSA) is 93.5 Å². The lowest BCUT2D eigenvalue weighted by Crippen LogP contribution is -2.42. The molecular formula is C14H17N7O2S. The van der Waals surface area contributed by atoms with Crippen LogP contribution in [0.15, 0.2) is 24.0 Å². The van der Waals surface area contributed by atoms with E-state index in [4.69, 9.17) is 0 Å². The van der Waals surface area contributed by atoms with E-state index in [0.29, 0.717) is 10.8 Å². The van der Waals surface area contributed by atoms with Crippen molar-refractivity contribution >= 4 is 33.6 Å². The zero-order chi connectivity index (χ0) is 16.7. The smallest absolute Gasteiger partial charge is 0.367 e. The van der Waals surface area contributed by atoms with Crippen molar-refractivity contribution in [2.24, 2.45) is 7.05 Å². The van der Waals surface area contributed by atoms with Gasteiger partial charge >= 0.3 is 5.82 Å². The lowest BCUT2D eigenvalue weighted by Gasteiger charge is -2.33. The predicted molar refractivity (Wildman–Crippen MR) is 91.8 cm³/mol. The van der Waals surface area contributed by atoms with E-state index in [0.717, 1.165) is 31.6 Å². The number of imidazole rings is 1. The average molecular weight is 347 g/mol. The highest BCUT2D eigenvalue weighted by Gasteiger charge is 2.28. The Bertz CT molecular complexity index is 883. The lowest BCUT2D eigenvalue weighted by atomic mass is 10.1. The van der Waals surface area contributed by atoms with Crippen molar-refractivity contribution in [3.05, 3.63) is 34.1 Å². The lowest BCUT2D eigenvalue weighted by molar-refractivity contribution is -0.389. The Morgan fingerprint density at radius 3 is 3.12 bits per heavy atom. The Morgan fingerprint density at radius 2 is 2.38 bits per heavy atom. The van der Waals surface area contributed by atoms with Gasteiger partial charge in [-0.3, -0.25) is 4.68 Å².